The number of halogens is 5. The first-order valence-corrected chi connectivity index (χ1v) is 12.1. The largest absolute Gasteiger partial charge is 0.487 e. The number of ether oxygens (including phenoxy) is 1. The van der Waals surface area contributed by atoms with Crippen molar-refractivity contribution in [2.45, 2.75) is 24.6 Å². The van der Waals surface area contributed by atoms with Crippen LogP contribution in [0.25, 0.3) is 16.8 Å². The minimum atomic E-state index is -4.63. The lowest BCUT2D eigenvalue weighted by Gasteiger charge is -2.12. The van der Waals surface area contributed by atoms with Crippen molar-refractivity contribution in [3.05, 3.63) is 94.2 Å². The summed E-state index contributed by atoms with van der Waals surface area (Å²) < 4.78 is 47.0. The molecule has 0 bridgehead atoms. The van der Waals surface area contributed by atoms with Gasteiger partial charge in [0.25, 0.3) is 0 Å². The Morgan fingerprint density at radius 1 is 0.912 bits per heavy atom. The summed E-state index contributed by atoms with van der Waals surface area (Å²) in [6.45, 7) is 1.94. The highest BCUT2D eigenvalue weighted by Crippen LogP contribution is 2.34. The number of para-hydroxylation sites is 1. The fourth-order valence-corrected chi connectivity index (χ4v) is 4.66. The third-order valence-electron chi connectivity index (χ3n) is 4.94. The molecule has 0 saturated carbocycles. The van der Waals surface area contributed by atoms with Crippen LogP contribution >= 0.6 is 35.0 Å². The Bertz CT molecular complexity index is 1270. The van der Waals surface area contributed by atoms with E-state index in [2.05, 4.69) is 24.2 Å². The van der Waals surface area contributed by atoms with Crippen molar-refractivity contribution < 1.29 is 17.9 Å². The Balaban J connectivity index is 1.58. The van der Waals surface area contributed by atoms with Gasteiger partial charge >= 0.3 is 6.18 Å². The molecule has 3 aromatic carbocycles. The molecule has 0 aliphatic carbocycles. The molecule has 0 aliphatic heterocycles. The van der Waals surface area contributed by atoms with Gasteiger partial charge in [-0.25, -0.2) is 4.68 Å². The molecule has 34 heavy (non-hydrogen) atoms. The standard InChI is InChI=1S/C25H19Cl2F3N2OS/c1-2-34-20-6-3-5-17(13-20)16-9-11-19(12-10-16)33-15-18-14-23(25(28,29)30)31-32(18)24-21(26)7-4-8-22(24)27/h3-14H,2,15H2,1H3. The Morgan fingerprint density at radius 2 is 1.59 bits per heavy atom. The molecule has 0 N–H and O–H groups in total. The minimum absolute atomic E-state index is 0.160. The van der Waals surface area contributed by atoms with Gasteiger partial charge in [0.2, 0.25) is 0 Å². The van der Waals surface area contributed by atoms with Crippen molar-refractivity contribution in [1.29, 1.82) is 0 Å². The smallest absolute Gasteiger partial charge is 0.435 e. The normalized spacial score (nSPS) is 11.6. The molecular formula is C25H19Cl2F3N2OS. The Kier molecular flexibility index (Phi) is 7.45. The quantitative estimate of drug-likeness (QED) is 0.227. The lowest BCUT2D eigenvalue weighted by atomic mass is 10.1. The van der Waals surface area contributed by atoms with Crippen LogP contribution in [0, 0.1) is 0 Å². The molecule has 0 amide bonds. The number of nitrogens with zero attached hydrogens (tertiary/aromatic N) is 2. The highest BCUT2D eigenvalue weighted by Gasteiger charge is 2.35. The molecule has 0 saturated heterocycles. The zero-order valence-corrected chi connectivity index (χ0v) is 20.3. The monoisotopic (exact) mass is 522 g/mol. The van der Waals surface area contributed by atoms with E-state index in [1.807, 2.05) is 24.3 Å². The van der Waals surface area contributed by atoms with Gasteiger partial charge in [-0.05, 0) is 59.3 Å². The maximum absolute atomic E-state index is 13.4. The van der Waals surface area contributed by atoms with Crippen LogP contribution in [0.5, 0.6) is 5.75 Å². The second-order valence-electron chi connectivity index (χ2n) is 7.27. The second kappa shape index (κ2) is 10.3. The van der Waals surface area contributed by atoms with Crippen molar-refractivity contribution in [3.8, 4) is 22.6 Å². The first kappa shape index (κ1) is 24.5. The van der Waals surface area contributed by atoms with Crippen molar-refractivity contribution >= 4 is 35.0 Å². The van der Waals surface area contributed by atoms with Crippen LogP contribution < -0.4 is 4.74 Å². The fourth-order valence-electron chi connectivity index (χ4n) is 3.38. The first-order valence-electron chi connectivity index (χ1n) is 10.3. The highest BCUT2D eigenvalue weighted by molar-refractivity contribution is 7.99. The summed E-state index contributed by atoms with van der Waals surface area (Å²) in [5.41, 5.74) is 1.36. The van der Waals surface area contributed by atoms with Crippen LogP contribution in [-0.2, 0) is 12.8 Å². The van der Waals surface area contributed by atoms with Crippen LogP contribution in [0.15, 0.2) is 77.7 Å². The van der Waals surface area contributed by atoms with Crippen LogP contribution in [0.4, 0.5) is 13.2 Å². The van der Waals surface area contributed by atoms with Crippen LogP contribution in [0.3, 0.4) is 0 Å². The van der Waals surface area contributed by atoms with E-state index in [-0.39, 0.29) is 28.0 Å². The summed E-state index contributed by atoms with van der Waals surface area (Å²) in [4.78, 5) is 1.19. The molecule has 9 heteroatoms. The zero-order valence-electron chi connectivity index (χ0n) is 17.9. The molecule has 176 valence electrons. The Morgan fingerprint density at radius 3 is 2.24 bits per heavy atom. The number of rotatable bonds is 7. The fraction of sp³-hybridized carbons (Fsp3) is 0.160. The van der Waals surface area contributed by atoms with Crippen LogP contribution in [-0.4, -0.2) is 15.5 Å². The van der Waals surface area contributed by atoms with Crippen molar-refractivity contribution in [2.75, 3.05) is 5.75 Å². The molecule has 4 aromatic rings. The predicted octanol–water partition coefficient (Wildman–Crippen LogP) is 8.56. The number of aromatic nitrogens is 2. The number of thioether (sulfide) groups is 1. The Labute approximate surface area is 209 Å². The third-order valence-corrected chi connectivity index (χ3v) is 6.43. The van der Waals surface area contributed by atoms with Gasteiger partial charge in [0.1, 0.15) is 18.0 Å². The highest BCUT2D eigenvalue weighted by atomic mass is 35.5. The average Bonchev–Trinajstić information content (AvgIpc) is 3.23. The maximum atomic E-state index is 13.4. The molecule has 0 aliphatic rings. The molecule has 1 aromatic heterocycles. The van der Waals surface area contributed by atoms with E-state index >= 15 is 0 Å². The second-order valence-corrected chi connectivity index (χ2v) is 9.43. The number of alkyl halides is 3. The molecule has 0 fully saturated rings. The Hall–Kier alpha value is -2.61. The molecule has 0 atom stereocenters. The molecule has 0 unspecified atom stereocenters. The van der Waals surface area contributed by atoms with Crippen molar-refractivity contribution in [2.24, 2.45) is 0 Å². The summed E-state index contributed by atoms with van der Waals surface area (Å²) >= 11 is 14.2. The van der Waals surface area contributed by atoms with Crippen molar-refractivity contribution in [3.63, 3.8) is 0 Å². The first-order chi connectivity index (χ1) is 16.3. The molecule has 0 radical (unpaired) electrons. The van der Waals surface area contributed by atoms with Gasteiger partial charge < -0.3 is 4.74 Å². The van der Waals surface area contributed by atoms with Gasteiger partial charge in [-0.1, -0.05) is 60.5 Å². The summed E-state index contributed by atoms with van der Waals surface area (Å²) in [5, 5.41) is 4.06. The van der Waals surface area contributed by atoms with E-state index < -0.39 is 11.9 Å². The molecule has 3 nitrogen and oxygen atoms in total. The maximum Gasteiger partial charge on any atom is 0.435 e. The molecule has 1 heterocycles. The summed E-state index contributed by atoms with van der Waals surface area (Å²) in [6, 6.07) is 21.2. The van der Waals surface area contributed by atoms with E-state index in [0.29, 0.717) is 5.75 Å². The van der Waals surface area contributed by atoms with Gasteiger partial charge in [0.15, 0.2) is 5.69 Å². The predicted molar refractivity (Wildman–Crippen MR) is 131 cm³/mol. The van der Waals surface area contributed by atoms with E-state index in [1.54, 1.807) is 30.0 Å². The summed E-state index contributed by atoms with van der Waals surface area (Å²) in [6.07, 6.45) is -4.63. The third kappa shape index (κ3) is 5.54. The minimum Gasteiger partial charge on any atom is -0.487 e. The number of hydrogen-bond donors (Lipinski definition) is 0. The number of hydrogen-bond acceptors (Lipinski definition) is 3. The van der Waals surface area contributed by atoms with Crippen LogP contribution in [0.1, 0.15) is 18.3 Å². The van der Waals surface area contributed by atoms with Crippen molar-refractivity contribution in [1.82, 2.24) is 9.78 Å². The van der Waals surface area contributed by atoms with Gasteiger partial charge in [-0.2, -0.15) is 18.3 Å². The molecule has 0 spiro atoms. The summed E-state index contributed by atoms with van der Waals surface area (Å²) in [5.74, 6) is 1.50. The van der Waals surface area contributed by atoms with E-state index in [4.69, 9.17) is 27.9 Å². The SMILES string of the molecule is CCSc1cccc(-c2ccc(OCc3cc(C(F)(F)F)nn3-c3c(Cl)cccc3Cl)cc2)c1. The molecule has 4 rings (SSSR count). The van der Waals surface area contributed by atoms with E-state index in [0.717, 1.165) is 27.6 Å². The summed E-state index contributed by atoms with van der Waals surface area (Å²) in [7, 11) is 0. The van der Waals surface area contributed by atoms with E-state index in [9.17, 15) is 13.2 Å². The van der Waals surface area contributed by atoms with Crippen LogP contribution in [0.2, 0.25) is 10.0 Å². The lowest BCUT2D eigenvalue weighted by Crippen LogP contribution is -2.09. The average molecular weight is 523 g/mol. The topological polar surface area (TPSA) is 27.1 Å². The van der Waals surface area contributed by atoms with Gasteiger partial charge in [0, 0.05) is 4.90 Å². The zero-order chi connectivity index (χ0) is 24.3. The molecular weight excluding hydrogens is 504 g/mol. The van der Waals surface area contributed by atoms with E-state index in [1.165, 1.54) is 17.0 Å². The van der Waals surface area contributed by atoms with Gasteiger partial charge in [-0.3, -0.25) is 0 Å². The van der Waals surface area contributed by atoms with Gasteiger partial charge in [-0.15, -0.1) is 11.8 Å². The number of benzene rings is 3. The van der Waals surface area contributed by atoms with Gasteiger partial charge in [0.05, 0.1) is 15.7 Å². The lowest BCUT2D eigenvalue weighted by molar-refractivity contribution is -0.141.